The maximum atomic E-state index is 12.1. The molecule has 0 saturated heterocycles. The number of urea groups is 1. The normalized spacial score (nSPS) is 18.9. The van der Waals surface area contributed by atoms with E-state index in [1.165, 1.54) is 5.56 Å². The SMILES string of the molecule is COc1nccnc1OC1CCC(NC(=O)NCCCc2ccccc2)CC1. The van der Waals surface area contributed by atoms with Gasteiger partial charge in [0.05, 0.1) is 7.11 Å². The number of aromatic nitrogens is 2. The molecule has 0 bridgehead atoms. The van der Waals surface area contributed by atoms with E-state index >= 15 is 0 Å². The van der Waals surface area contributed by atoms with E-state index in [1.54, 1.807) is 19.5 Å². The Hall–Kier alpha value is -2.83. The molecule has 1 heterocycles. The topological polar surface area (TPSA) is 85.4 Å². The van der Waals surface area contributed by atoms with Crippen molar-refractivity contribution in [1.29, 1.82) is 0 Å². The molecule has 0 spiro atoms. The molecular formula is C21H28N4O3. The summed E-state index contributed by atoms with van der Waals surface area (Å²) in [4.78, 5) is 20.4. The van der Waals surface area contributed by atoms with Crippen molar-refractivity contribution in [3.05, 3.63) is 48.3 Å². The number of rotatable bonds is 8. The second-order valence-corrected chi connectivity index (χ2v) is 6.95. The highest BCUT2D eigenvalue weighted by molar-refractivity contribution is 5.74. The fourth-order valence-electron chi connectivity index (χ4n) is 3.39. The average molecular weight is 384 g/mol. The number of methoxy groups -OCH3 is 1. The maximum absolute atomic E-state index is 12.1. The Kier molecular flexibility index (Phi) is 7.46. The molecule has 1 aliphatic carbocycles. The van der Waals surface area contributed by atoms with Crippen LogP contribution in [0, 0.1) is 0 Å². The van der Waals surface area contributed by atoms with Crippen LogP contribution in [0.2, 0.25) is 0 Å². The van der Waals surface area contributed by atoms with E-state index in [-0.39, 0.29) is 18.2 Å². The van der Waals surface area contributed by atoms with Crippen molar-refractivity contribution >= 4 is 6.03 Å². The number of nitrogens with one attached hydrogen (secondary N) is 2. The van der Waals surface area contributed by atoms with Crippen LogP contribution in [0.5, 0.6) is 11.8 Å². The Bertz CT molecular complexity index is 733. The molecule has 1 aromatic carbocycles. The molecule has 7 heteroatoms. The van der Waals surface area contributed by atoms with Crippen molar-refractivity contribution in [3.63, 3.8) is 0 Å². The number of amides is 2. The molecule has 0 unspecified atom stereocenters. The second kappa shape index (κ2) is 10.5. The summed E-state index contributed by atoms with van der Waals surface area (Å²) in [6, 6.07) is 10.4. The van der Waals surface area contributed by atoms with Crippen LogP contribution in [-0.4, -0.2) is 41.8 Å². The molecule has 0 aliphatic heterocycles. The Balaban J connectivity index is 1.32. The molecule has 3 rings (SSSR count). The first-order chi connectivity index (χ1) is 13.7. The van der Waals surface area contributed by atoms with Gasteiger partial charge in [-0.25, -0.2) is 14.8 Å². The van der Waals surface area contributed by atoms with Gasteiger partial charge < -0.3 is 20.1 Å². The molecule has 1 fully saturated rings. The summed E-state index contributed by atoms with van der Waals surface area (Å²) in [5.74, 6) is 0.829. The number of nitrogens with zero attached hydrogens (tertiary/aromatic N) is 2. The monoisotopic (exact) mass is 384 g/mol. The fraction of sp³-hybridized carbons (Fsp3) is 0.476. The number of aryl methyl sites for hydroxylation is 1. The van der Waals surface area contributed by atoms with Crippen LogP contribution < -0.4 is 20.1 Å². The molecule has 2 aromatic rings. The van der Waals surface area contributed by atoms with Gasteiger partial charge in [0.2, 0.25) is 0 Å². The van der Waals surface area contributed by atoms with Crippen molar-refractivity contribution in [2.45, 2.75) is 50.7 Å². The van der Waals surface area contributed by atoms with Crippen molar-refractivity contribution in [2.24, 2.45) is 0 Å². The highest BCUT2D eigenvalue weighted by atomic mass is 16.5. The molecule has 0 atom stereocenters. The second-order valence-electron chi connectivity index (χ2n) is 6.95. The fourth-order valence-corrected chi connectivity index (χ4v) is 3.39. The number of benzene rings is 1. The van der Waals surface area contributed by atoms with Crippen LogP contribution in [0.4, 0.5) is 4.79 Å². The van der Waals surface area contributed by atoms with Gasteiger partial charge in [0.25, 0.3) is 11.8 Å². The van der Waals surface area contributed by atoms with E-state index in [2.05, 4.69) is 32.7 Å². The number of hydrogen-bond acceptors (Lipinski definition) is 5. The van der Waals surface area contributed by atoms with E-state index < -0.39 is 0 Å². The highest BCUT2D eigenvalue weighted by Crippen LogP contribution is 2.27. The summed E-state index contributed by atoms with van der Waals surface area (Å²) in [7, 11) is 1.55. The largest absolute Gasteiger partial charge is 0.477 e. The summed E-state index contributed by atoms with van der Waals surface area (Å²) < 4.78 is 11.1. The van der Waals surface area contributed by atoms with Crippen molar-refractivity contribution in [2.75, 3.05) is 13.7 Å². The van der Waals surface area contributed by atoms with Crippen LogP contribution in [0.15, 0.2) is 42.7 Å². The average Bonchev–Trinajstić information content (AvgIpc) is 2.74. The molecular weight excluding hydrogens is 356 g/mol. The third-order valence-corrected chi connectivity index (χ3v) is 4.88. The van der Waals surface area contributed by atoms with E-state index in [1.807, 2.05) is 18.2 Å². The van der Waals surface area contributed by atoms with Gasteiger partial charge in [0, 0.05) is 25.0 Å². The smallest absolute Gasteiger partial charge is 0.315 e. The van der Waals surface area contributed by atoms with Crippen LogP contribution in [0.25, 0.3) is 0 Å². The standard InChI is InChI=1S/C21H28N4O3/c1-27-19-20(23-15-14-22-19)28-18-11-9-17(10-12-18)25-21(26)24-13-5-8-16-6-3-2-4-7-16/h2-4,6-7,14-15,17-18H,5,8-13H2,1H3,(H2,24,25,26). The van der Waals surface area contributed by atoms with Gasteiger partial charge in [-0.2, -0.15) is 0 Å². The minimum Gasteiger partial charge on any atom is -0.477 e. The maximum Gasteiger partial charge on any atom is 0.315 e. The lowest BCUT2D eigenvalue weighted by molar-refractivity contribution is 0.129. The molecule has 1 aromatic heterocycles. The molecule has 2 amide bonds. The molecule has 1 aliphatic rings. The predicted molar refractivity (Wildman–Crippen MR) is 107 cm³/mol. The predicted octanol–water partition coefficient (Wildman–Crippen LogP) is 3.11. The molecule has 28 heavy (non-hydrogen) atoms. The molecule has 150 valence electrons. The summed E-state index contributed by atoms with van der Waals surface area (Å²) in [6.07, 6.45) is 8.61. The molecule has 2 N–H and O–H groups in total. The Morgan fingerprint density at radius 3 is 2.50 bits per heavy atom. The van der Waals surface area contributed by atoms with E-state index in [0.717, 1.165) is 38.5 Å². The van der Waals surface area contributed by atoms with E-state index in [0.29, 0.717) is 18.3 Å². The van der Waals surface area contributed by atoms with Gasteiger partial charge in [-0.1, -0.05) is 30.3 Å². The first-order valence-corrected chi connectivity index (χ1v) is 9.84. The number of ether oxygens (including phenoxy) is 2. The van der Waals surface area contributed by atoms with Gasteiger partial charge >= 0.3 is 6.03 Å². The Morgan fingerprint density at radius 1 is 1.07 bits per heavy atom. The van der Waals surface area contributed by atoms with Gasteiger partial charge in [-0.15, -0.1) is 0 Å². The van der Waals surface area contributed by atoms with Crippen LogP contribution in [0.3, 0.4) is 0 Å². The van der Waals surface area contributed by atoms with Gasteiger partial charge in [0.1, 0.15) is 6.10 Å². The summed E-state index contributed by atoms with van der Waals surface area (Å²) >= 11 is 0. The van der Waals surface area contributed by atoms with Crippen LogP contribution >= 0.6 is 0 Å². The zero-order valence-electron chi connectivity index (χ0n) is 16.3. The third-order valence-electron chi connectivity index (χ3n) is 4.88. The molecule has 1 saturated carbocycles. The lowest BCUT2D eigenvalue weighted by Crippen LogP contribution is -2.45. The number of carbonyl (C=O) groups excluding carboxylic acids is 1. The van der Waals surface area contributed by atoms with Gasteiger partial charge in [0.15, 0.2) is 0 Å². The first kappa shape index (κ1) is 19.9. The van der Waals surface area contributed by atoms with Gasteiger partial charge in [-0.3, -0.25) is 0 Å². The van der Waals surface area contributed by atoms with Gasteiger partial charge in [-0.05, 0) is 44.1 Å². The minimum absolute atomic E-state index is 0.0672. The zero-order valence-corrected chi connectivity index (χ0v) is 16.3. The number of carbonyl (C=O) groups is 1. The van der Waals surface area contributed by atoms with Crippen molar-refractivity contribution in [3.8, 4) is 11.8 Å². The van der Waals surface area contributed by atoms with E-state index in [4.69, 9.17) is 9.47 Å². The minimum atomic E-state index is -0.0898. The Labute approximate surface area is 165 Å². The van der Waals surface area contributed by atoms with Crippen LogP contribution in [0.1, 0.15) is 37.7 Å². The van der Waals surface area contributed by atoms with Crippen molar-refractivity contribution < 1.29 is 14.3 Å². The Morgan fingerprint density at radius 2 is 1.79 bits per heavy atom. The summed E-state index contributed by atoms with van der Waals surface area (Å²) in [5.41, 5.74) is 1.29. The third kappa shape index (κ3) is 6.11. The quantitative estimate of drug-likeness (QED) is 0.683. The van der Waals surface area contributed by atoms with E-state index in [9.17, 15) is 4.79 Å². The zero-order chi connectivity index (χ0) is 19.6. The molecule has 7 nitrogen and oxygen atoms in total. The summed E-state index contributed by atoms with van der Waals surface area (Å²) in [6.45, 7) is 0.672. The van der Waals surface area contributed by atoms with Crippen LogP contribution in [-0.2, 0) is 6.42 Å². The lowest BCUT2D eigenvalue weighted by atomic mass is 9.93. The first-order valence-electron chi connectivity index (χ1n) is 9.84. The summed E-state index contributed by atoms with van der Waals surface area (Å²) in [5, 5.41) is 6.02. The number of hydrogen-bond donors (Lipinski definition) is 2. The van der Waals surface area contributed by atoms with Crippen molar-refractivity contribution in [1.82, 2.24) is 20.6 Å². The lowest BCUT2D eigenvalue weighted by Gasteiger charge is -2.29. The molecule has 0 radical (unpaired) electrons. The highest BCUT2D eigenvalue weighted by Gasteiger charge is 2.25.